The summed E-state index contributed by atoms with van der Waals surface area (Å²) >= 11 is 7.40. The van der Waals surface area contributed by atoms with E-state index in [9.17, 15) is 0 Å². The number of isothiocyanates is 2. The van der Waals surface area contributed by atoms with E-state index < -0.39 is 0 Å². The van der Waals surface area contributed by atoms with E-state index in [-0.39, 0.29) is 17.1 Å². The molecule has 0 saturated heterocycles. The fourth-order valence-corrected chi connectivity index (χ4v) is 3.47. The fraction of sp³-hybridized carbons (Fsp3) is 0. The smallest absolute Gasteiger partial charge is 0.753 e. The molecule has 8 aromatic heterocycles. The van der Waals surface area contributed by atoms with Crippen molar-refractivity contribution in [2.45, 2.75) is 0 Å². The van der Waals surface area contributed by atoms with Crippen molar-refractivity contribution in [3.05, 3.63) is 183 Å². The predicted molar refractivity (Wildman–Crippen MR) is 217 cm³/mol. The summed E-state index contributed by atoms with van der Waals surface area (Å²) in [4.78, 5) is 47.0. The molecule has 0 saturated carbocycles. The normalized spacial score (nSPS) is 8.68. The molecular weight excluding hydrogens is 836 g/mol. The average Bonchev–Trinajstić information content (AvgIpc) is 3.28. The molecule has 0 spiro atoms. The molecule has 0 aliphatic heterocycles. The van der Waals surface area contributed by atoms with Gasteiger partial charge in [0.1, 0.15) is 23.0 Å². The van der Waals surface area contributed by atoms with Gasteiger partial charge in [-0.15, -0.1) is 0 Å². The van der Waals surface area contributed by atoms with Crippen LogP contribution in [-0.4, -0.2) is 70.1 Å². The van der Waals surface area contributed by atoms with E-state index in [0.717, 1.165) is 0 Å². The van der Waals surface area contributed by atoms with Crippen LogP contribution in [0.1, 0.15) is 0 Å². The zero-order valence-electron chi connectivity index (χ0n) is 30.3. The van der Waals surface area contributed by atoms with Crippen molar-refractivity contribution in [3.8, 4) is 46.5 Å². The zero-order valence-corrected chi connectivity index (χ0v) is 33.1. The molecule has 0 fully saturated rings. The Balaban J connectivity index is 0.000000258. The minimum atomic E-state index is 0. The van der Waals surface area contributed by atoms with Crippen LogP contribution in [0.25, 0.3) is 10.8 Å². The number of ether oxygens (including phenoxy) is 4. The summed E-state index contributed by atoms with van der Waals surface area (Å²) < 4.78 is 21.4. The maximum atomic E-state index is 7.13. The third kappa shape index (κ3) is 22.4. The second kappa shape index (κ2) is 31.4. The van der Waals surface area contributed by atoms with E-state index >= 15 is 0 Å². The standard InChI is InChI=1S/4C9H7N3O.2CNS.Mn/c4*1-2-8(6-10-3-1)13-9-7-11-4-5-12-9;2*2-1-3;/h4*1-7H;;;/q;;;;2*-1;+2. The maximum Gasteiger partial charge on any atom is 2.00 e. The molecule has 0 bridgehead atoms. The minimum absolute atomic E-state index is 0. The quantitative estimate of drug-likeness (QED) is 0.0799. The topological polar surface area (TPSA) is 236 Å². The molecule has 21 heteroatoms. The van der Waals surface area contributed by atoms with Crippen LogP contribution in [-0.2, 0) is 17.1 Å². The van der Waals surface area contributed by atoms with Crippen molar-refractivity contribution in [2.24, 2.45) is 0 Å². The van der Waals surface area contributed by atoms with Gasteiger partial charge in [-0.05, 0) is 48.5 Å². The predicted octanol–water partition coefficient (Wildman–Crippen LogP) is 7.97. The third-order valence-electron chi connectivity index (χ3n) is 5.59. The molecule has 8 aromatic rings. The van der Waals surface area contributed by atoms with E-state index in [0.29, 0.717) is 46.5 Å². The number of hydrogen-bond donors (Lipinski definition) is 0. The molecule has 0 atom stereocenters. The number of thiocarbonyl (C=S) groups is 2. The summed E-state index contributed by atoms with van der Waals surface area (Å²) in [5.74, 6) is 4.49. The number of hydrogen-bond acceptors (Lipinski definition) is 18. The molecule has 0 unspecified atom stereocenters. The van der Waals surface area contributed by atoms with Gasteiger partial charge < -0.3 is 29.8 Å². The molecule has 1 radical (unpaired) electrons. The second-order valence-corrected chi connectivity index (χ2v) is 9.89. The van der Waals surface area contributed by atoms with Gasteiger partial charge in [-0.3, -0.25) is 39.9 Å². The SMILES string of the molecule is [Mn+2].[N-]=C=S.[N-]=C=S.c1cncc(Oc2cnccn2)c1.c1cncc(Oc2cnccn2)c1.c1cncc(Oc2cnccn2)c1.c1cncc(Oc2cnccn2)c1. The number of pyridine rings is 4. The van der Waals surface area contributed by atoms with Gasteiger partial charge in [-0.2, -0.15) is 10.3 Å². The van der Waals surface area contributed by atoms with Crippen molar-refractivity contribution >= 4 is 34.8 Å². The summed E-state index contributed by atoms with van der Waals surface area (Å²) in [5.41, 5.74) is 0. The van der Waals surface area contributed by atoms with E-state index in [2.05, 4.69) is 84.2 Å². The Morgan fingerprint density at radius 2 is 0.542 bits per heavy atom. The van der Waals surface area contributed by atoms with Crippen LogP contribution in [0.3, 0.4) is 0 Å². The minimum Gasteiger partial charge on any atom is -0.753 e. The largest absolute Gasteiger partial charge is 2.00 e. The van der Waals surface area contributed by atoms with Crippen LogP contribution in [0.5, 0.6) is 46.5 Å². The summed E-state index contributed by atoms with van der Waals surface area (Å²) in [6.07, 6.45) is 32.1. The van der Waals surface area contributed by atoms with E-state index in [4.69, 9.17) is 29.8 Å². The van der Waals surface area contributed by atoms with Gasteiger partial charge >= 0.3 is 17.1 Å². The Morgan fingerprint density at radius 3 is 0.695 bits per heavy atom. The first-order valence-corrected chi connectivity index (χ1v) is 16.8. The van der Waals surface area contributed by atoms with Gasteiger partial charge in [-0.25, -0.2) is 19.9 Å². The number of aromatic nitrogens is 12. The average molecular weight is 864 g/mol. The van der Waals surface area contributed by atoms with Gasteiger partial charge in [0, 0.05) is 74.4 Å². The van der Waals surface area contributed by atoms with Crippen LogP contribution in [0.15, 0.2) is 172 Å². The van der Waals surface area contributed by atoms with Crippen LogP contribution in [0, 0.1) is 0 Å². The Hall–Kier alpha value is -7.76. The molecule has 59 heavy (non-hydrogen) atoms. The van der Waals surface area contributed by atoms with Crippen LogP contribution in [0.2, 0.25) is 0 Å². The second-order valence-electron chi connectivity index (χ2n) is 9.52. The summed E-state index contributed by atoms with van der Waals surface area (Å²) in [5, 5.41) is 16.9. The van der Waals surface area contributed by atoms with Gasteiger partial charge in [0.15, 0.2) is 0 Å². The monoisotopic (exact) mass is 863 g/mol. The molecule has 0 aliphatic carbocycles. The summed E-state index contributed by atoms with van der Waals surface area (Å²) in [6.45, 7) is 0. The van der Waals surface area contributed by atoms with Crippen LogP contribution < -0.4 is 18.9 Å². The first kappa shape index (κ1) is 47.4. The van der Waals surface area contributed by atoms with E-state index in [1.54, 1.807) is 148 Å². The van der Waals surface area contributed by atoms with Crippen molar-refractivity contribution < 1.29 is 36.0 Å². The van der Waals surface area contributed by atoms with Gasteiger partial charge in [0.25, 0.3) is 0 Å². The van der Waals surface area contributed by atoms with Crippen molar-refractivity contribution in [3.63, 3.8) is 0 Å². The molecular formula is C38H28MnN14O4S2. The molecule has 0 aromatic carbocycles. The van der Waals surface area contributed by atoms with Crippen molar-refractivity contribution in [2.75, 3.05) is 0 Å². The number of rotatable bonds is 8. The fourth-order valence-electron chi connectivity index (χ4n) is 3.47. The summed E-state index contributed by atoms with van der Waals surface area (Å²) in [6, 6.07) is 14.4. The number of nitrogens with zero attached hydrogens (tertiary/aromatic N) is 14. The molecule has 8 heterocycles. The zero-order chi connectivity index (χ0) is 41.1. The molecule has 0 aliphatic rings. The Bertz CT molecular complexity index is 1810. The van der Waals surface area contributed by atoms with Gasteiger partial charge in [-0.1, -0.05) is 24.4 Å². The van der Waals surface area contributed by atoms with Crippen LogP contribution in [0.4, 0.5) is 0 Å². The third-order valence-corrected chi connectivity index (χ3v) is 5.59. The molecule has 8 rings (SSSR count). The molecule has 18 nitrogen and oxygen atoms in total. The summed E-state index contributed by atoms with van der Waals surface area (Å²) in [7, 11) is 0. The van der Waals surface area contributed by atoms with E-state index in [1.165, 1.54) is 10.3 Å². The Kier molecular flexibility index (Phi) is 25.3. The van der Waals surface area contributed by atoms with Gasteiger partial charge in [0.05, 0.1) is 49.6 Å². The van der Waals surface area contributed by atoms with Crippen LogP contribution >= 0.6 is 24.4 Å². The Labute approximate surface area is 358 Å². The van der Waals surface area contributed by atoms with E-state index in [1.807, 2.05) is 24.3 Å². The first-order valence-electron chi connectivity index (χ1n) is 16.0. The molecule has 0 N–H and O–H groups in total. The first-order chi connectivity index (χ1) is 28.6. The molecule has 0 amide bonds. The van der Waals surface area contributed by atoms with Crippen molar-refractivity contribution in [1.29, 1.82) is 0 Å². The van der Waals surface area contributed by atoms with Gasteiger partial charge in [0.2, 0.25) is 23.5 Å². The maximum absolute atomic E-state index is 7.13. The Morgan fingerprint density at radius 1 is 0.339 bits per heavy atom. The van der Waals surface area contributed by atoms with Crippen molar-refractivity contribution in [1.82, 2.24) is 59.8 Å². The molecule has 293 valence electrons.